The molecule has 0 spiro atoms. The maximum absolute atomic E-state index is 12.1. The van der Waals surface area contributed by atoms with E-state index in [0.717, 1.165) is 16.9 Å². The highest BCUT2D eigenvalue weighted by molar-refractivity contribution is 7.85. The van der Waals surface area contributed by atoms with E-state index < -0.39 is 10.8 Å². The van der Waals surface area contributed by atoms with E-state index in [1.165, 1.54) is 0 Å². The van der Waals surface area contributed by atoms with Crippen LogP contribution >= 0.6 is 0 Å². The van der Waals surface area contributed by atoms with E-state index in [-0.39, 0.29) is 11.0 Å². The first-order valence-corrected chi connectivity index (χ1v) is 6.37. The summed E-state index contributed by atoms with van der Waals surface area (Å²) in [5.41, 5.74) is 1.12. The molecule has 0 bridgehead atoms. The molecular formula is C12H14O2S. The monoisotopic (exact) mass is 222 g/mol. The minimum atomic E-state index is -1.01. The van der Waals surface area contributed by atoms with Crippen molar-refractivity contribution in [2.45, 2.75) is 36.3 Å². The molecule has 0 N–H and O–H groups in total. The summed E-state index contributed by atoms with van der Waals surface area (Å²) in [6, 6.07) is 7.73. The van der Waals surface area contributed by atoms with E-state index in [1.807, 2.05) is 31.2 Å². The number of benzene rings is 1. The maximum Gasteiger partial charge on any atom is 0.134 e. The van der Waals surface area contributed by atoms with Crippen LogP contribution in [0.4, 0.5) is 0 Å². The summed E-state index contributed by atoms with van der Waals surface area (Å²) >= 11 is 0. The van der Waals surface area contributed by atoms with Crippen LogP contribution in [-0.4, -0.2) is 15.2 Å². The summed E-state index contributed by atoms with van der Waals surface area (Å²) in [6.07, 6.45) is 1.86. The van der Waals surface area contributed by atoms with Gasteiger partial charge in [-0.2, -0.15) is 0 Å². The van der Waals surface area contributed by atoms with Crippen molar-refractivity contribution in [2.75, 3.05) is 0 Å². The molecule has 1 aromatic carbocycles. The molecule has 2 atom stereocenters. The Bertz CT molecular complexity index is 412. The second-order valence-corrected chi connectivity index (χ2v) is 5.75. The van der Waals surface area contributed by atoms with Crippen LogP contribution in [0, 0.1) is 6.92 Å². The van der Waals surface area contributed by atoms with E-state index in [0.29, 0.717) is 12.8 Å². The second-order valence-electron chi connectivity index (χ2n) is 4.02. The Morgan fingerprint density at radius 1 is 1.40 bits per heavy atom. The largest absolute Gasteiger partial charge is 0.300 e. The molecule has 0 amide bonds. The van der Waals surface area contributed by atoms with Crippen molar-refractivity contribution in [1.29, 1.82) is 0 Å². The molecule has 80 valence electrons. The number of rotatable bonds is 2. The molecule has 1 fully saturated rings. The Labute approximate surface area is 92.2 Å². The normalized spacial score (nSPS) is 23.0. The first kappa shape index (κ1) is 10.6. The van der Waals surface area contributed by atoms with Crippen molar-refractivity contribution in [3.8, 4) is 0 Å². The molecule has 0 aromatic heterocycles. The first-order valence-electron chi connectivity index (χ1n) is 5.16. The van der Waals surface area contributed by atoms with Gasteiger partial charge in [0.25, 0.3) is 0 Å². The quantitative estimate of drug-likeness (QED) is 0.769. The molecule has 1 aliphatic rings. The molecule has 3 heteroatoms. The highest BCUT2D eigenvalue weighted by Crippen LogP contribution is 2.24. The van der Waals surface area contributed by atoms with E-state index >= 15 is 0 Å². The van der Waals surface area contributed by atoms with Gasteiger partial charge in [-0.3, -0.25) is 9.00 Å². The third-order valence-electron chi connectivity index (χ3n) is 2.73. The van der Waals surface area contributed by atoms with E-state index in [4.69, 9.17) is 0 Å². The molecule has 2 nitrogen and oxygen atoms in total. The lowest BCUT2D eigenvalue weighted by molar-refractivity contribution is -0.117. The predicted octanol–water partition coefficient (Wildman–Crippen LogP) is 2.22. The topological polar surface area (TPSA) is 34.1 Å². The average molecular weight is 222 g/mol. The van der Waals surface area contributed by atoms with Gasteiger partial charge >= 0.3 is 0 Å². The zero-order valence-electron chi connectivity index (χ0n) is 8.73. The van der Waals surface area contributed by atoms with Gasteiger partial charge in [-0.25, -0.2) is 0 Å². The molecule has 0 saturated heterocycles. The van der Waals surface area contributed by atoms with Gasteiger partial charge in [0.2, 0.25) is 0 Å². The van der Waals surface area contributed by atoms with Crippen molar-refractivity contribution >= 4 is 16.6 Å². The number of carbonyl (C=O) groups is 1. The lowest BCUT2D eigenvalue weighted by Gasteiger charge is -2.08. The number of Topliss-reactive ketones (excluding diaryl/α,β-unsaturated/α-hetero) is 1. The fraction of sp³-hybridized carbons (Fsp3) is 0.417. The Hall–Kier alpha value is -0.960. The number of hydrogen-bond acceptors (Lipinski definition) is 2. The van der Waals surface area contributed by atoms with Crippen molar-refractivity contribution in [2.24, 2.45) is 0 Å². The number of aryl methyl sites for hydroxylation is 1. The fourth-order valence-corrected chi connectivity index (χ4v) is 3.46. The smallest absolute Gasteiger partial charge is 0.134 e. The van der Waals surface area contributed by atoms with E-state index in [2.05, 4.69) is 0 Å². The van der Waals surface area contributed by atoms with Crippen molar-refractivity contribution < 1.29 is 9.00 Å². The Kier molecular flexibility index (Phi) is 3.00. The molecule has 15 heavy (non-hydrogen) atoms. The molecule has 0 heterocycles. The molecule has 1 aliphatic carbocycles. The van der Waals surface area contributed by atoms with E-state index in [9.17, 15) is 9.00 Å². The van der Waals surface area contributed by atoms with Gasteiger partial charge in [0, 0.05) is 23.0 Å². The summed E-state index contributed by atoms with van der Waals surface area (Å²) in [7, 11) is -1.01. The summed E-state index contributed by atoms with van der Waals surface area (Å²) in [6.45, 7) is 1.99. The minimum Gasteiger partial charge on any atom is -0.300 e. The molecule has 2 unspecified atom stereocenters. The SMILES string of the molecule is Cc1cccc(S(=O)C2CCC(=O)C2)c1. The third kappa shape index (κ3) is 2.34. The van der Waals surface area contributed by atoms with Gasteiger partial charge in [-0.1, -0.05) is 12.1 Å². The molecule has 0 radical (unpaired) electrons. The van der Waals surface area contributed by atoms with Gasteiger partial charge in [0.15, 0.2) is 0 Å². The maximum atomic E-state index is 12.1. The molecule has 2 rings (SSSR count). The molecule has 1 aromatic rings. The number of hydrogen-bond donors (Lipinski definition) is 0. The van der Waals surface area contributed by atoms with Crippen LogP contribution in [0.15, 0.2) is 29.2 Å². The van der Waals surface area contributed by atoms with Gasteiger partial charge in [-0.05, 0) is 31.0 Å². The molecule has 1 saturated carbocycles. The van der Waals surface area contributed by atoms with Gasteiger partial charge in [-0.15, -0.1) is 0 Å². The minimum absolute atomic E-state index is 0.0410. The van der Waals surface area contributed by atoms with Crippen molar-refractivity contribution in [3.63, 3.8) is 0 Å². The van der Waals surface area contributed by atoms with Crippen LogP contribution < -0.4 is 0 Å². The summed E-state index contributed by atoms with van der Waals surface area (Å²) in [5, 5.41) is 0.0410. The summed E-state index contributed by atoms with van der Waals surface area (Å²) < 4.78 is 12.1. The Balaban J connectivity index is 2.17. The predicted molar refractivity (Wildman–Crippen MR) is 60.2 cm³/mol. The van der Waals surface area contributed by atoms with Crippen LogP contribution in [0.3, 0.4) is 0 Å². The van der Waals surface area contributed by atoms with Crippen LogP contribution in [-0.2, 0) is 15.6 Å². The van der Waals surface area contributed by atoms with Crippen LogP contribution in [0.25, 0.3) is 0 Å². The first-order chi connectivity index (χ1) is 7.16. The van der Waals surface area contributed by atoms with E-state index in [1.54, 1.807) is 0 Å². The van der Waals surface area contributed by atoms with Crippen LogP contribution in [0.1, 0.15) is 24.8 Å². The van der Waals surface area contributed by atoms with Crippen LogP contribution in [0.5, 0.6) is 0 Å². The van der Waals surface area contributed by atoms with Gasteiger partial charge < -0.3 is 0 Å². The third-order valence-corrected chi connectivity index (χ3v) is 4.45. The highest BCUT2D eigenvalue weighted by atomic mass is 32.2. The zero-order chi connectivity index (χ0) is 10.8. The van der Waals surface area contributed by atoms with Crippen LogP contribution in [0.2, 0.25) is 0 Å². The Morgan fingerprint density at radius 2 is 2.20 bits per heavy atom. The molecule has 0 aliphatic heterocycles. The standard InChI is InChI=1S/C12H14O2S/c1-9-3-2-4-11(7-9)15(14)12-6-5-10(13)8-12/h2-4,7,12H,5-6,8H2,1H3. The van der Waals surface area contributed by atoms with Crippen molar-refractivity contribution in [3.05, 3.63) is 29.8 Å². The second kappa shape index (κ2) is 4.27. The molecular weight excluding hydrogens is 208 g/mol. The number of ketones is 1. The lowest BCUT2D eigenvalue weighted by Crippen LogP contribution is -2.11. The highest BCUT2D eigenvalue weighted by Gasteiger charge is 2.27. The van der Waals surface area contributed by atoms with Gasteiger partial charge in [0.1, 0.15) is 5.78 Å². The van der Waals surface area contributed by atoms with Crippen molar-refractivity contribution in [1.82, 2.24) is 0 Å². The fourth-order valence-electron chi connectivity index (χ4n) is 1.90. The summed E-state index contributed by atoms with van der Waals surface area (Å²) in [5.74, 6) is 0.251. The average Bonchev–Trinajstić information content (AvgIpc) is 2.64. The zero-order valence-corrected chi connectivity index (χ0v) is 9.55. The Morgan fingerprint density at radius 3 is 2.80 bits per heavy atom. The van der Waals surface area contributed by atoms with Gasteiger partial charge in [0.05, 0.1) is 10.8 Å². The summed E-state index contributed by atoms with van der Waals surface area (Å²) in [4.78, 5) is 12.0. The number of carbonyl (C=O) groups excluding carboxylic acids is 1. The lowest BCUT2D eigenvalue weighted by atomic mass is 10.2.